The van der Waals surface area contributed by atoms with E-state index < -0.39 is 0 Å². The Morgan fingerprint density at radius 3 is 2.53 bits per heavy atom. The third kappa shape index (κ3) is 4.45. The van der Waals surface area contributed by atoms with Crippen molar-refractivity contribution >= 4 is 28.1 Å². The van der Waals surface area contributed by atoms with Crippen LogP contribution in [0.2, 0.25) is 0 Å². The summed E-state index contributed by atoms with van der Waals surface area (Å²) in [5.41, 5.74) is 3.55. The number of thiophene rings is 1. The van der Waals surface area contributed by atoms with Crippen molar-refractivity contribution in [3.8, 4) is 21.9 Å². The van der Waals surface area contributed by atoms with Crippen LogP contribution in [0.3, 0.4) is 0 Å². The van der Waals surface area contributed by atoms with Crippen LogP contribution in [0.15, 0.2) is 48.5 Å². The van der Waals surface area contributed by atoms with Crippen LogP contribution in [0, 0.1) is 6.92 Å². The summed E-state index contributed by atoms with van der Waals surface area (Å²) in [6.45, 7) is 7.51. The van der Waals surface area contributed by atoms with Gasteiger partial charge in [0.15, 0.2) is 11.5 Å². The van der Waals surface area contributed by atoms with E-state index in [2.05, 4.69) is 58.5 Å². The lowest BCUT2D eigenvalue weighted by Gasteiger charge is -2.31. The molecule has 1 aliphatic rings. The molecule has 1 atom stereocenters. The number of benzene rings is 2. The lowest BCUT2D eigenvalue weighted by atomic mass is 10.0. The minimum Gasteiger partial charge on any atom is -0.493 e. The van der Waals surface area contributed by atoms with Crippen LogP contribution >= 0.6 is 11.3 Å². The highest BCUT2D eigenvalue weighted by Gasteiger charge is 2.18. The van der Waals surface area contributed by atoms with Crippen LogP contribution in [0.5, 0.6) is 11.5 Å². The molecule has 0 radical (unpaired) electrons. The molecule has 0 bridgehead atoms. The predicted octanol–water partition coefficient (Wildman–Crippen LogP) is 6.06. The highest BCUT2D eigenvalue weighted by atomic mass is 32.1. The average Bonchev–Trinajstić information content (AvgIpc) is 3.31. The maximum Gasteiger partial charge on any atom is 0.162 e. The van der Waals surface area contributed by atoms with Gasteiger partial charge in [-0.15, -0.1) is 11.3 Å². The maximum absolute atomic E-state index is 5.51. The molecular formula is C27H30N4O2S. The lowest BCUT2D eigenvalue weighted by Crippen LogP contribution is -2.36. The van der Waals surface area contributed by atoms with Crippen LogP contribution in [0.25, 0.3) is 21.3 Å². The molecular weight excluding hydrogens is 444 g/mol. The van der Waals surface area contributed by atoms with Gasteiger partial charge in [-0.1, -0.05) is 24.3 Å². The first-order valence-corrected chi connectivity index (χ1v) is 12.4. The smallest absolute Gasteiger partial charge is 0.162 e. The SMILES string of the molecule is COc1cc2nc(C)nc(NC(C)c3ccc(-c4ccccc4CN4CCC4)s3)c2cc1OC. The van der Waals surface area contributed by atoms with Gasteiger partial charge in [0.2, 0.25) is 0 Å². The van der Waals surface area contributed by atoms with Crippen LogP contribution in [0.1, 0.15) is 35.7 Å². The summed E-state index contributed by atoms with van der Waals surface area (Å²) in [7, 11) is 3.27. The van der Waals surface area contributed by atoms with Crippen molar-refractivity contribution in [3.63, 3.8) is 0 Å². The van der Waals surface area contributed by atoms with Gasteiger partial charge in [-0.2, -0.15) is 0 Å². The number of aromatic nitrogens is 2. The number of likely N-dealkylation sites (tertiary alicyclic amines) is 1. The van der Waals surface area contributed by atoms with Crippen molar-refractivity contribution < 1.29 is 9.47 Å². The molecule has 4 aromatic rings. The van der Waals surface area contributed by atoms with E-state index in [9.17, 15) is 0 Å². The first-order valence-electron chi connectivity index (χ1n) is 11.6. The molecule has 0 saturated carbocycles. The molecule has 2 aromatic carbocycles. The molecule has 3 heterocycles. The quantitative estimate of drug-likeness (QED) is 0.335. The fourth-order valence-corrected chi connectivity index (χ4v) is 5.44. The van der Waals surface area contributed by atoms with Gasteiger partial charge in [0.05, 0.1) is 25.8 Å². The molecule has 0 amide bonds. The first kappa shape index (κ1) is 22.6. The fraction of sp³-hybridized carbons (Fsp3) is 0.333. The van der Waals surface area contributed by atoms with Gasteiger partial charge in [0, 0.05) is 27.8 Å². The summed E-state index contributed by atoms with van der Waals surface area (Å²) in [5.74, 6) is 2.83. The van der Waals surface area contributed by atoms with Gasteiger partial charge in [0.25, 0.3) is 0 Å². The average molecular weight is 475 g/mol. The minimum atomic E-state index is 0.0897. The Kier molecular flexibility index (Phi) is 6.39. The van der Waals surface area contributed by atoms with E-state index in [-0.39, 0.29) is 6.04 Å². The zero-order valence-corrected chi connectivity index (χ0v) is 20.9. The third-order valence-electron chi connectivity index (χ3n) is 6.35. The molecule has 176 valence electrons. The molecule has 1 unspecified atom stereocenters. The second-order valence-corrected chi connectivity index (χ2v) is 9.81. The van der Waals surface area contributed by atoms with Crippen molar-refractivity contribution in [2.45, 2.75) is 32.9 Å². The molecule has 0 spiro atoms. The van der Waals surface area contributed by atoms with Gasteiger partial charge >= 0.3 is 0 Å². The van der Waals surface area contributed by atoms with E-state index in [4.69, 9.17) is 14.5 Å². The standard InChI is InChI=1S/C27H30N4O2S/c1-17(28-27-21-14-23(32-3)24(33-4)15-22(21)29-18(2)30-27)25-10-11-26(34-25)20-9-6-5-8-19(20)16-31-12-7-13-31/h5-6,8-11,14-15,17H,7,12-13,16H2,1-4H3,(H,28,29,30). The Balaban J connectivity index is 1.42. The van der Waals surface area contributed by atoms with Crippen LogP contribution in [-0.4, -0.2) is 42.2 Å². The molecule has 1 aliphatic heterocycles. The Labute approximate surface area is 204 Å². The van der Waals surface area contributed by atoms with Gasteiger partial charge in [-0.05, 0) is 62.7 Å². The molecule has 1 N–H and O–H groups in total. The zero-order valence-electron chi connectivity index (χ0n) is 20.1. The van der Waals surface area contributed by atoms with Crippen LogP contribution in [0.4, 0.5) is 5.82 Å². The summed E-state index contributed by atoms with van der Waals surface area (Å²) in [6, 6.07) is 17.2. The molecule has 0 aliphatic carbocycles. The molecule has 5 rings (SSSR count). The largest absolute Gasteiger partial charge is 0.493 e. The highest BCUT2D eigenvalue weighted by Crippen LogP contribution is 2.37. The van der Waals surface area contributed by atoms with Crippen LogP contribution < -0.4 is 14.8 Å². The number of fused-ring (bicyclic) bond motifs is 1. The number of ether oxygens (including phenoxy) is 2. The normalized spacial score (nSPS) is 14.6. The highest BCUT2D eigenvalue weighted by molar-refractivity contribution is 7.15. The van der Waals surface area contributed by atoms with E-state index >= 15 is 0 Å². The van der Waals surface area contributed by atoms with Crippen molar-refractivity contribution in [3.05, 3.63) is 64.8 Å². The topological polar surface area (TPSA) is 59.5 Å². The second kappa shape index (κ2) is 9.60. The van der Waals surface area contributed by atoms with Crippen molar-refractivity contribution in [1.29, 1.82) is 0 Å². The zero-order chi connectivity index (χ0) is 23.7. The number of anilines is 1. The van der Waals surface area contributed by atoms with Gasteiger partial charge < -0.3 is 14.8 Å². The number of nitrogens with zero attached hydrogens (tertiary/aromatic N) is 3. The van der Waals surface area contributed by atoms with Crippen molar-refractivity contribution in [2.75, 3.05) is 32.6 Å². The number of methoxy groups -OCH3 is 2. The Morgan fingerprint density at radius 1 is 1.03 bits per heavy atom. The number of nitrogens with one attached hydrogen (secondary N) is 1. The lowest BCUT2D eigenvalue weighted by molar-refractivity contribution is 0.173. The summed E-state index contributed by atoms with van der Waals surface area (Å²) >= 11 is 1.83. The number of rotatable bonds is 8. The molecule has 1 saturated heterocycles. The molecule has 1 fully saturated rings. The predicted molar refractivity (Wildman–Crippen MR) is 139 cm³/mol. The van der Waals surface area contributed by atoms with E-state index in [1.54, 1.807) is 14.2 Å². The van der Waals surface area contributed by atoms with E-state index in [1.165, 1.54) is 40.4 Å². The number of hydrogen-bond acceptors (Lipinski definition) is 7. The summed E-state index contributed by atoms with van der Waals surface area (Å²) < 4.78 is 11.0. The molecule has 2 aromatic heterocycles. The monoisotopic (exact) mass is 474 g/mol. The van der Waals surface area contributed by atoms with E-state index in [0.29, 0.717) is 17.3 Å². The van der Waals surface area contributed by atoms with Crippen molar-refractivity contribution in [2.24, 2.45) is 0 Å². The maximum atomic E-state index is 5.51. The molecule has 6 nitrogen and oxygen atoms in total. The third-order valence-corrected chi connectivity index (χ3v) is 7.65. The van der Waals surface area contributed by atoms with Gasteiger partial charge in [-0.25, -0.2) is 9.97 Å². The molecule has 34 heavy (non-hydrogen) atoms. The first-order chi connectivity index (χ1) is 16.6. The Hall–Kier alpha value is -3.16. The van der Waals surface area contributed by atoms with Gasteiger partial charge in [0.1, 0.15) is 11.6 Å². The summed E-state index contributed by atoms with van der Waals surface area (Å²) in [5, 5.41) is 4.52. The second-order valence-electron chi connectivity index (χ2n) is 8.70. The number of aryl methyl sites for hydroxylation is 1. The van der Waals surface area contributed by atoms with Gasteiger partial charge in [-0.3, -0.25) is 4.90 Å². The molecule has 7 heteroatoms. The number of hydrogen-bond donors (Lipinski definition) is 1. The summed E-state index contributed by atoms with van der Waals surface area (Å²) in [4.78, 5) is 14.4. The Morgan fingerprint density at radius 2 is 1.79 bits per heavy atom. The fourth-order valence-electron chi connectivity index (χ4n) is 4.37. The minimum absolute atomic E-state index is 0.0897. The summed E-state index contributed by atoms with van der Waals surface area (Å²) in [6.07, 6.45) is 1.31. The van der Waals surface area contributed by atoms with Crippen molar-refractivity contribution in [1.82, 2.24) is 14.9 Å². The van der Waals surface area contributed by atoms with E-state index in [1.807, 2.05) is 30.4 Å². The van der Waals surface area contributed by atoms with Crippen LogP contribution in [-0.2, 0) is 6.54 Å². The van der Waals surface area contributed by atoms with E-state index in [0.717, 1.165) is 23.3 Å². The Bertz CT molecular complexity index is 1320.